The second-order valence-corrected chi connectivity index (χ2v) is 7.84. The normalized spacial score (nSPS) is 32.2. The van der Waals surface area contributed by atoms with Gasteiger partial charge in [0.25, 0.3) is 0 Å². The van der Waals surface area contributed by atoms with E-state index in [1.165, 1.54) is 31.4 Å². The van der Waals surface area contributed by atoms with Crippen LogP contribution in [0.4, 0.5) is 4.79 Å². The van der Waals surface area contributed by atoms with E-state index in [9.17, 15) is 4.79 Å². The molecule has 0 aromatic heterocycles. The van der Waals surface area contributed by atoms with E-state index in [2.05, 4.69) is 17.0 Å². The fraction of sp³-hybridized carbons (Fsp3) is 0.889. The molecule has 24 heavy (non-hydrogen) atoms. The SMILES string of the molecule is CCCC(=NOC)C1CCN(C2CC3(CCN(C(=O)O)C3)C2)CC1. The number of likely N-dealkylation sites (tertiary alicyclic amines) is 2. The number of carboxylic acid groups (broad SMARTS) is 1. The van der Waals surface area contributed by atoms with Gasteiger partial charge < -0.3 is 19.7 Å². The van der Waals surface area contributed by atoms with Gasteiger partial charge in [0.2, 0.25) is 0 Å². The summed E-state index contributed by atoms with van der Waals surface area (Å²) in [6, 6.07) is 0.661. The summed E-state index contributed by atoms with van der Waals surface area (Å²) >= 11 is 0. The first-order chi connectivity index (χ1) is 11.6. The van der Waals surface area contributed by atoms with Gasteiger partial charge in [-0.05, 0) is 57.0 Å². The van der Waals surface area contributed by atoms with Crippen LogP contribution in [-0.2, 0) is 4.84 Å². The Hall–Kier alpha value is -1.30. The highest BCUT2D eigenvalue weighted by Gasteiger charge is 2.51. The van der Waals surface area contributed by atoms with Gasteiger partial charge in [-0.25, -0.2) is 4.79 Å². The van der Waals surface area contributed by atoms with Crippen molar-refractivity contribution in [3.63, 3.8) is 0 Å². The van der Waals surface area contributed by atoms with E-state index in [-0.39, 0.29) is 5.41 Å². The molecular weight excluding hydrogens is 306 g/mol. The van der Waals surface area contributed by atoms with E-state index >= 15 is 0 Å². The summed E-state index contributed by atoms with van der Waals surface area (Å²) in [5.74, 6) is 0.573. The zero-order valence-electron chi connectivity index (χ0n) is 15.0. The molecule has 1 N–H and O–H groups in total. The van der Waals surface area contributed by atoms with Gasteiger partial charge in [0, 0.05) is 25.0 Å². The monoisotopic (exact) mass is 337 g/mol. The second-order valence-electron chi connectivity index (χ2n) is 7.84. The Balaban J connectivity index is 1.46. The Morgan fingerprint density at radius 1 is 1.29 bits per heavy atom. The lowest BCUT2D eigenvalue weighted by Gasteiger charge is -2.51. The first-order valence-electron chi connectivity index (χ1n) is 9.39. The lowest BCUT2D eigenvalue weighted by Crippen LogP contribution is -2.54. The molecule has 0 aromatic rings. The van der Waals surface area contributed by atoms with Gasteiger partial charge in [-0.2, -0.15) is 0 Å². The van der Waals surface area contributed by atoms with Crippen molar-refractivity contribution < 1.29 is 14.7 Å². The van der Waals surface area contributed by atoms with Crippen molar-refractivity contribution in [1.29, 1.82) is 0 Å². The maximum absolute atomic E-state index is 11.1. The average Bonchev–Trinajstić information content (AvgIpc) is 2.99. The average molecular weight is 337 g/mol. The van der Waals surface area contributed by atoms with Gasteiger partial charge in [-0.3, -0.25) is 0 Å². The Kier molecular flexibility index (Phi) is 5.33. The zero-order chi connectivity index (χ0) is 17.2. The minimum atomic E-state index is -0.753. The summed E-state index contributed by atoms with van der Waals surface area (Å²) < 4.78 is 0. The molecule has 1 aliphatic carbocycles. The maximum atomic E-state index is 11.1. The van der Waals surface area contributed by atoms with Crippen molar-refractivity contribution in [3.8, 4) is 0 Å². The van der Waals surface area contributed by atoms with Crippen LogP contribution in [-0.4, -0.2) is 66.0 Å². The molecule has 1 amide bonds. The van der Waals surface area contributed by atoms with Gasteiger partial charge in [0.15, 0.2) is 0 Å². The molecule has 3 rings (SSSR count). The van der Waals surface area contributed by atoms with Gasteiger partial charge in [0.1, 0.15) is 7.11 Å². The van der Waals surface area contributed by atoms with Gasteiger partial charge >= 0.3 is 6.09 Å². The molecule has 3 aliphatic rings. The minimum Gasteiger partial charge on any atom is -0.465 e. The number of hydrogen-bond acceptors (Lipinski definition) is 4. The maximum Gasteiger partial charge on any atom is 0.407 e. The number of rotatable bonds is 5. The number of oxime groups is 1. The van der Waals surface area contributed by atoms with E-state index < -0.39 is 6.09 Å². The van der Waals surface area contributed by atoms with Gasteiger partial charge in [0.05, 0.1) is 5.71 Å². The highest BCUT2D eigenvalue weighted by atomic mass is 16.6. The van der Waals surface area contributed by atoms with E-state index in [0.717, 1.165) is 45.4 Å². The van der Waals surface area contributed by atoms with Crippen LogP contribution in [0.25, 0.3) is 0 Å². The topological polar surface area (TPSA) is 65.4 Å². The summed E-state index contributed by atoms with van der Waals surface area (Å²) in [4.78, 5) is 20.4. The lowest BCUT2D eigenvalue weighted by atomic mass is 9.64. The van der Waals surface area contributed by atoms with E-state index in [4.69, 9.17) is 9.94 Å². The third-order valence-corrected chi connectivity index (χ3v) is 6.28. The Bertz CT molecular complexity index is 480. The third kappa shape index (κ3) is 3.53. The molecular formula is C18H31N3O3. The molecule has 2 aliphatic heterocycles. The number of nitrogens with zero attached hydrogens (tertiary/aromatic N) is 3. The molecule has 0 bridgehead atoms. The highest BCUT2D eigenvalue weighted by Crippen LogP contribution is 2.50. The largest absolute Gasteiger partial charge is 0.465 e. The quantitative estimate of drug-likeness (QED) is 0.618. The first kappa shape index (κ1) is 17.5. The number of amides is 1. The molecule has 1 spiro atoms. The minimum absolute atomic E-state index is 0.283. The molecule has 0 atom stereocenters. The van der Waals surface area contributed by atoms with Crippen molar-refractivity contribution in [1.82, 2.24) is 9.80 Å². The summed E-state index contributed by atoms with van der Waals surface area (Å²) in [6.07, 6.45) is 7.15. The number of carbonyl (C=O) groups is 1. The van der Waals surface area contributed by atoms with Crippen molar-refractivity contribution in [2.75, 3.05) is 33.3 Å². The molecule has 1 saturated carbocycles. The van der Waals surface area contributed by atoms with Gasteiger partial charge in [-0.15, -0.1) is 0 Å². The van der Waals surface area contributed by atoms with Crippen LogP contribution in [0, 0.1) is 11.3 Å². The standard InChI is InChI=1S/C18H31N3O3/c1-3-4-16(19-24-2)14-5-8-20(9-6-14)15-11-18(12-15)7-10-21(13-18)17(22)23/h14-15H,3-13H2,1-2H3,(H,22,23). The van der Waals surface area contributed by atoms with Crippen LogP contribution in [0.1, 0.15) is 51.9 Å². The second kappa shape index (κ2) is 7.30. The Labute approximate surface area is 144 Å². The molecule has 0 radical (unpaired) electrons. The molecule has 136 valence electrons. The fourth-order valence-electron chi connectivity index (χ4n) is 4.93. The smallest absolute Gasteiger partial charge is 0.407 e. The fourth-order valence-corrected chi connectivity index (χ4v) is 4.93. The van der Waals surface area contributed by atoms with E-state index in [1.54, 1.807) is 12.0 Å². The lowest BCUT2D eigenvalue weighted by molar-refractivity contribution is -0.00482. The molecule has 2 saturated heterocycles. The first-order valence-corrected chi connectivity index (χ1v) is 9.39. The third-order valence-electron chi connectivity index (χ3n) is 6.28. The van der Waals surface area contributed by atoms with Crippen molar-refractivity contribution in [2.24, 2.45) is 16.5 Å². The Morgan fingerprint density at radius 3 is 2.54 bits per heavy atom. The van der Waals surface area contributed by atoms with Crippen molar-refractivity contribution >= 4 is 11.8 Å². The van der Waals surface area contributed by atoms with Crippen LogP contribution < -0.4 is 0 Å². The predicted octanol–water partition coefficient (Wildman–Crippen LogP) is 3.03. The summed E-state index contributed by atoms with van der Waals surface area (Å²) in [6.45, 7) is 5.94. The molecule has 0 aromatic carbocycles. The van der Waals surface area contributed by atoms with Crippen LogP contribution >= 0.6 is 0 Å². The van der Waals surface area contributed by atoms with E-state index in [0.29, 0.717) is 12.0 Å². The van der Waals surface area contributed by atoms with Crippen LogP contribution in [0.2, 0.25) is 0 Å². The number of piperidine rings is 1. The van der Waals surface area contributed by atoms with Gasteiger partial charge in [-0.1, -0.05) is 18.5 Å². The summed E-state index contributed by atoms with van der Waals surface area (Å²) in [7, 11) is 1.64. The molecule has 6 heteroatoms. The predicted molar refractivity (Wildman–Crippen MR) is 93.3 cm³/mol. The highest BCUT2D eigenvalue weighted by molar-refractivity contribution is 5.86. The van der Waals surface area contributed by atoms with Crippen molar-refractivity contribution in [2.45, 2.75) is 57.9 Å². The molecule has 6 nitrogen and oxygen atoms in total. The Morgan fingerprint density at radius 2 is 2.00 bits per heavy atom. The molecule has 0 unspecified atom stereocenters. The summed E-state index contributed by atoms with van der Waals surface area (Å²) in [5.41, 5.74) is 1.52. The summed E-state index contributed by atoms with van der Waals surface area (Å²) in [5, 5.41) is 13.4. The van der Waals surface area contributed by atoms with Crippen LogP contribution in [0.15, 0.2) is 5.16 Å². The zero-order valence-corrected chi connectivity index (χ0v) is 15.0. The van der Waals surface area contributed by atoms with Crippen LogP contribution in [0.5, 0.6) is 0 Å². The van der Waals surface area contributed by atoms with Crippen LogP contribution in [0.3, 0.4) is 0 Å². The molecule has 3 fully saturated rings. The van der Waals surface area contributed by atoms with Crippen molar-refractivity contribution in [3.05, 3.63) is 0 Å². The van der Waals surface area contributed by atoms with E-state index in [1.807, 2.05) is 0 Å². The number of hydrogen-bond donors (Lipinski definition) is 1. The molecule has 2 heterocycles.